The molecule has 438 valence electrons. The number of rotatable bonds is 14. The van der Waals surface area contributed by atoms with E-state index < -0.39 is 37.7 Å². The fourth-order valence-electron chi connectivity index (χ4n) is 9.59. The van der Waals surface area contributed by atoms with Crippen LogP contribution < -0.4 is 63.7 Å². The molecule has 0 saturated heterocycles. The molecule has 0 atom stereocenters. The zero-order valence-corrected chi connectivity index (χ0v) is 54.7. The van der Waals surface area contributed by atoms with E-state index in [1.165, 1.54) is 63.7 Å². The molecule has 0 aliphatic carbocycles. The van der Waals surface area contributed by atoms with Crippen molar-refractivity contribution in [3.8, 4) is 0 Å². The number of carbonyl (C=O) groups is 1. The van der Waals surface area contributed by atoms with Crippen LogP contribution in [0, 0.1) is 0 Å². The van der Waals surface area contributed by atoms with E-state index in [-0.39, 0.29) is 0 Å². The van der Waals surface area contributed by atoms with Crippen molar-refractivity contribution in [1.82, 2.24) is 0 Å². The highest BCUT2D eigenvalue weighted by Crippen LogP contribution is 2.35. The maximum atomic E-state index is 11.3. The van der Waals surface area contributed by atoms with E-state index in [4.69, 9.17) is 16.3 Å². The van der Waals surface area contributed by atoms with Gasteiger partial charge in [0.05, 0.1) is 12.2 Å². The molecule has 13 aromatic rings. The number of carbonyl (C=O) groups excluding carboxylic acids is 1. The molecule has 0 heterocycles. The van der Waals surface area contributed by atoms with Gasteiger partial charge in [0.25, 0.3) is 0 Å². The quantitative estimate of drug-likeness (QED) is 0.0667. The standard InChI is InChI=1S/4C18H15P.C9H9ClO2S/c4*1-4-10-16(11-5-1)19(17-12-6-2-7-13-17)18-14-8-3-9-15-18;1-2-12-9(11)7-5-6(10)3-4-8(7)13/h4*1-15H;3-5,13H,2H2,1H3. The minimum Gasteiger partial charge on any atom is -0.462 e. The van der Waals surface area contributed by atoms with Gasteiger partial charge in [0.2, 0.25) is 0 Å². The van der Waals surface area contributed by atoms with Crippen molar-refractivity contribution in [1.29, 1.82) is 0 Å². The molecular weight excluding hydrogens is 1200 g/mol. The van der Waals surface area contributed by atoms with Gasteiger partial charge < -0.3 is 4.74 Å². The first kappa shape index (κ1) is 65.1. The lowest BCUT2D eigenvalue weighted by atomic mass is 10.2. The van der Waals surface area contributed by atoms with Gasteiger partial charge in [-0.2, -0.15) is 0 Å². The second-order valence-corrected chi connectivity index (χ2v) is 29.5. The van der Waals surface area contributed by atoms with Crippen molar-refractivity contribution in [3.05, 3.63) is 393 Å². The van der Waals surface area contributed by atoms with E-state index in [1.807, 2.05) is 0 Å². The predicted molar refractivity (Wildman–Crippen MR) is 395 cm³/mol. The van der Waals surface area contributed by atoms with Gasteiger partial charge in [-0.05, 0) is 120 Å². The molecule has 0 saturated carbocycles. The SMILES string of the molecule is CCOC(=O)c1cc(Cl)ccc1S.c1ccc(P(c2ccccc2)c2ccccc2)cc1.c1ccc(P(c2ccccc2)c2ccccc2)cc1.c1ccc(P(c2ccccc2)c2ccccc2)cc1.c1ccc(P(c2ccccc2)c2ccccc2)cc1. The molecule has 8 heteroatoms. The second kappa shape index (κ2) is 36.2. The number of esters is 1. The van der Waals surface area contributed by atoms with Gasteiger partial charge in [-0.1, -0.05) is 376 Å². The highest BCUT2D eigenvalue weighted by atomic mass is 35.5. The van der Waals surface area contributed by atoms with Crippen LogP contribution in [0.15, 0.2) is 387 Å². The minimum atomic E-state index is -0.446. The smallest absolute Gasteiger partial charge is 0.339 e. The van der Waals surface area contributed by atoms with Crippen LogP contribution in [0.2, 0.25) is 5.02 Å². The number of ether oxygens (including phenoxy) is 1. The first-order valence-corrected chi connectivity index (χ1v) is 35.6. The number of benzene rings is 13. The molecule has 0 fully saturated rings. The molecular formula is C81H69ClO2P4S. The van der Waals surface area contributed by atoms with Gasteiger partial charge in [0.15, 0.2) is 0 Å². The Hall–Kier alpha value is -8.31. The molecule has 89 heavy (non-hydrogen) atoms. The summed E-state index contributed by atoms with van der Waals surface area (Å²) in [5, 5.41) is 17.3. The van der Waals surface area contributed by atoms with Gasteiger partial charge in [-0.15, -0.1) is 12.6 Å². The van der Waals surface area contributed by atoms with E-state index in [1.54, 1.807) is 25.1 Å². The summed E-state index contributed by atoms with van der Waals surface area (Å²) >= 11 is 9.84. The average molecular weight is 1270 g/mol. The molecule has 0 aromatic heterocycles. The Kier molecular flexibility index (Phi) is 26.5. The average Bonchev–Trinajstić information content (AvgIpc) is 3.79. The zero-order valence-electron chi connectivity index (χ0n) is 49.5. The predicted octanol–water partition coefficient (Wildman–Crippen LogP) is 16.6. The van der Waals surface area contributed by atoms with Crippen LogP contribution in [0.25, 0.3) is 0 Å². The Balaban J connectivity index is 0.000000133. The summed E-state index contributed by atoms with van der Waals surface area (Å²) in [6, 6.07) is 134. The van der Waals surface area contributed by atoms with Gasteiger partial charge in [0.1, 0.15) is 0 Å². The van der Waals surface area contributed by atoms with Gasteiger partial charge in [0, 0.05) is 9.92 Å². The molecule has 0 amide bonds. The molecule has 0 aliphatic rings. The summed E-state index contributed by atoms with van der Waals surface area (Å²) in [5.74, 6) is -0.394. The second-order valence-electron chi connectivity index (χ2n) is 19.8. The van der Waals surface area contributed by atoms with Crippen LogP contribution in [0.1, 0.15) is 17.3 Å². The molecule has 0 aliphatic heterocycles. The summed E-state index contributed by atoms with van der Waals surface area (Å²) in [6.45, 7) is 2.10. The molecule has 0 N–H and O–H groups in total. The zero-order chi connectivity index (χ0) is 61.5. The Bertz CT molecular complexity index is 3190. The largest absolute Gasteiger partial charge is 0.462 e. The molecule has 0 radical (unpaired) electrons. The Morgan fingerprint density at radius 1 is 0.281 bits per heavy atom. The topological polar surface area (TPSA) is 26.3 Å². The van der Waals surface area contributed by atoms with E-state index in [0.29, 0.717) is 22.1 Å². The van der Waals surface area contributed by atoms with Crippen LogP contribution >= 0.6 is 55.9 Å². The molecule has 13 rings (SSSR count). The van der Waals surface area contributed by atoms with Crippen molar-refractivity contribution in [2.24, 2.45) is 0 Å². The summed E-state index contributed by atoms with van der Waals surface area (Å²) < 4.78 is 4.82. The number of hydrogen-bond donors (Lipinski definition) is 1. The molecule has 0 spiro atoms. The van der Waals surface area contributed by atoms with E-state index in [9.17, 15) is 4.79 Å². The van der Waals surface area contributed by atoms with Crippen LogP contribution in [-0.4, -0.2) is 12.6 Å². The molecule has 0 bridgehead atoms. The minimum absolute atomic E-state index is 0.346. The lowest BCUT2D eigenvalue weighted by molar-refractivity contribution is 0.0522. The molecule has 0 unspecified atom stereocenters. The highest BCUT2D eigenvalue weighted by Gasteiger charge is 2.19. The third-order valence-electron chi connectivity index (χ3n) is 13.6. The summed E-state index contributed by atoms with van der Waals surface area (Å²) in [7, 11) is -1.78. The first-order valence-electron chi connectivity index (χ1n) is 29.4. The fourth-order valence-corrected chi connectivity index (χ4v) is 19.2. The van der Waals surface area contributed by atoms with Crippen LogP contribution in [0.3, 0.4) is 0 Å². The number of hydrogen-bond acceptors (Lipinski definition) is 3. The highest BCUT2D eigenvalue weighted by molar-refractivity contribution is 7.81. The van der Waals surface area contributed by atoms with Crippen molar-refractivity contribution < 1.29 is 9.53 Å². The van der Waals surface area contributed by atoms with Crippen molar-refractivity contribution in [2.45, 2.75) is 11.8 Å². The normalized spacial score (nSPS) is 10.5. The van der Waals surface area contributed by atoms with E-state index in [0.717, 1.165) is 0 Å². The van der Waals surface area contributed by atoms with E-state index in [2.05, 4.69) is 377 Å². The fraction of sp³-hybridized carbons (Fsp3) is 0.0247. The summed E-state index contributed by atoms with van der Waals surface area (Å²) in [6.07, 6.45) is 0. The van der Waals surface area contributed by atoms with Crippen molar-refractivity contribution in [2.75, 3.05) is 6.61 Å². The van der Waals surface area contributed by atoms with Gasteiger partial charge >= 0.3 is 5.97 Å². The maximum absolute atomic E-state index is 11.3. The molecule has 13 aromatic carbocycles. The van der Waals surface area contributed by atoms with E-state index >= 15 is 0 Å². The summed E-state index contributed by atoms with van der Waals surface area (Å²) in [5.41, 5.74) is 0.401. The number of halogens is 1. The number of thiol groups is 1. The third kappa shape index (κ3) is 19.8. The Morgan fingerprint density at radius 2 is 0.438 bits per heavy atom. The van der Waals surface area contributed by atoms with Crippen LogP contribution in [0.5, 0.6) is 0 Å². The lowest BCUT2D eigenvalue weighted by Crippen LogP contribution is -2.20. The summed E-state index contributed by atoms with van der Waals surface area (Å²) in [4.78, 5) is 11.9. The third-order valence-corrected chi connectivity index (χ3v) is 24.0. The monoisotopic (exact) mass is 1260 g/mol. The van der Waals surface area contributed by atoms with Crippen LogP contribution in [-0.2, 0) is 4.74 Å². The Morgan fingerprint density at radius 3 is 0.584 bits per heavy atom. The van der Waals surface area contributed by atoms with Gasteiger partial charge in [-0.25, -0.2) is 4.79 Å². The van der Waals surface area contributed by atoms with Crippen molar-refractivity contribution in [3.63, 3.8) is 0 Å². The molecule has 2 nitrogen and oxygen atoms in total. The van der Waals surface area contributed by atoms with Crippen molar-refractivity contribution >= 4 is 126 Å². The lowest BCUT2D eigenvalue weighted by Gasteiger charge is -2.18. The Labute approximate surface area is 542 Å². The van der Waals surface area contributed by atoms with Gasteiger partial charge in [-0.3, -0.25) is 0 Å². The first-order chi connectivity index (χ1) is 43.9. The van der Waals surface area contributed by atoms with Crippen LogP contribution in [0.4, 0.5) is 0 Å². The maximum Gasteiger partial charge on any atom is 0.339 e.